The summed E-state index contributed by atoms with van der Waals surface area (Å²) in [5.41, 5.74) is 0.552. The van der Waals surface area contributed by atoms with E-state index in [0.717, 1.165) is 0 Å². The molecule has 1 amide bonds. The number of nitrogens with one attached hydrogen (secondary N) is 1. The summed E-state index contributed by atoms with van der Waals surface area (Å²) in [7, 11) is 0. The Hall–Kier alpha value is -1.57. The zero-order valence-electron chi connectivity index (χ0n) is 8.60. The lowest BCUT2D eigenvalue weighted by Gasteiger charge is -2.23. The van der Waals surface area contributed by atoms with Crippen molar-refractivity contribution in [2.45, 2.75) is 18.4 Å². The number of benzene rings is 1. The van der Waals surface area contributed by atoms with Crippen molar-refractivity contribution < 1.29 is 28.9 Å². The first kappa shape index (κ1) is 13.5. The Morgan fingerprint density at radius 1 is 1.18 bits per heavy atom. The molecular weight excluding hydrogens is 236 g/mol. The van der Waals surface area contributed by atoms with Crippen LogP contribution in [0.25, 0.3) is 0 Å². The van der Waals surface area contributed by atoms with Crippen molar-refractivity contribution >= 4 is 5.91 Å². The number of amides is 1. The van der Waals surface area contributed by atoms with Crippen LogP contribution >= 0.6 is 0 Å². The zero-order chi connectivity index (χ0) is 13.1. The summed E-state index contributed by atoms with van der Waals surface area (Å²) >= 11 is 0. The monoisotopic (exact) mass is 247 g/mol. The summed E-state index contributed by atoms with van der Waals surface area (Å²) < 4.78 is 25.7. The van der Waals surface area contributed by atoms with Crippen LogP contribution in [0.5, 0.6) is 0 Å². The molecule has 1 aromatic carbocycles. The van der Waals surface area contributed by atoms with Crippen LogP contribution < -0.4 is 5.32 Å². The molecule has 0 bridgehead atoms. The molecule has 17 heavy (non-hydrogen) atoms. The van der Waals surface area contributed by atoms with E-state index < -0.39 is 17.8 Å². The molecule has 5 nitrogen and oxygen atoms in total. The van der Waals surface area contributed by atoms with E-state index in [1.54, 1.807) is 35.6 Å². The van der Waals surface area contributed by atoms with Crippen molar-refractivity contribution in [3.8, 4) is 0 Å². The first-order chi connectivity index (χ1) is 7.75. The van der Waals surface area contributed by atoms with Crippen LogP contribution in [0, 0.1) is 0 Å². The van der Waals surface area contributed by atoms with Gasteiger partial charge in [-0.3, -0.25) is 4.79 Å². The third-order valence-corrected chi connectivity index (χ3v) is 2.00. The molecule has 0 saturated heterocycles. The highest BCUT2D eigenvalue weighted by Crippen LogP contribution is 2.24. The van der Waals surface area contributed by atoms with Crippen LogP contribution in [0.15, 0.2) is 30.3 Å². The lowest BCUT2D eigenvalue weighted by molar-refractivity contribution is -0.391. The van der Waals surface area contributed by atoms with Crippen LogP contribution in [0.2, 0.25) is 0 Å². The Balaban J connectivity index is 2.62. The molecule has 94 valence electrons. The summed E-state index contributed by atoms with van der Waals surface area (Å²) in [4.78, 5) is 10.9. The van der Waals surface area contributed by atoms with E-state index in [-0.39, 0.29) is 6.54 Å². The van der Waals surface area contributed by atoms with Crippen LogP contribution in [0.3, 0.4) is 0 Å². The fourth-order valence-electron chi connectivity index (χ4n) is 1.04. The standard InChI is InChI=1S/C10H11F2NO4/c11-9(12,10(15,16)17)8(14)13-6-7-4-2-1-3-5-7/h1-5,15-17H,6H2,(H,13,14). The van der Waals surface area contributed by atoms with Crippen molar-refractivity contribution in [3.05, 3.63) is 35.9 Å². The van der Waals surface area contributed by atoms with E-state index in [0.29, 0.717) is 5.56 Å². The Kier molecular flexibility index (Phi) is 3.76. The Bertz CT molecular complexity index is 389. The lowest BCUT2D eigenvalue weighted by atomic mass is 10.2. The molecular formula is C10H11F2NO4. The molecule has 0 aliphatic heterocycles. The van der Waals surface area contributed by atoms with Gasteiger partial charge in [-0.05, 0) is 5.56 Å². The van der Waals surface area contributed by atoms with Gasteiger partial charge in [0.2, 0.25) is 0 Å². The fraction of sp³-hybridized carbons (Fsp3) is 0.300. The van der Waals surface area contributed by atoms with E-state index in [1.165, 1.54) is 0 Å². The molecule has 0 heterocycles. The first-order valence-corrected chi connectivity index (χ1v) is 4.62. The number of carbonyl (C=O) groups is 1. The highest BCUT2D eigenvalue weighted by molar-refractivity contribution is 5.84. The third kappa shape index (κ3) is 3.19. The molecule has 7 heteroatoms. The van der Waals surface area contributed by atoms with Crippen LogP contribution in [-0.2, 0) is 11.3 Å². The molecule has 0 radical (unpaired) electrons. The Morgan fingerprint density at radius 2 is 1.71 bits per heavy atom. The van der Waals surface area contributed by atoms with Crippen LogP contribution in [-0.4, -0.2) is 33.1 Å². The maximum absolute atomic E-state index is 12.9. The molecule has 0 aliphatic carbocycles. The number of hydrogen-bond acceptors (Lipinski definition) is 4. The Morgan fingerprint density at radius 3 is 2.18 bits per heavy atom. The van der Waals surface area contributed by atoms with Gasteiger partial charge in [0, 0.05) is 6.54 Å². The Labute approximate surface area is 95.3 Å². The fourth-order valence-corrected chi connectivity index (χ4v) is 1.04. The molecule has 0 aliphatic rings. The predicted molar refractivity (Wildman–Crippen MR) is 52.6 cm³/mol. The predicted octanol–water partition coefficient (Wildman–Crippen LogP) is -0.431. The smallest absolute Gasteiger partial charge is 0.347 e. The second-order valence-corrected chi connectivity index (χ2v) is 3.38. The highest BCUT2D eigenvalue weighted by atomic mass is 19.3. The van der Waals surface area contributed by atoms with E-state index in [9.17, 15) is 13.6 Å². The molecule has 0 fully saturated rings. The molecule has 1 rings (SSSR count). The molecule has 0 saturated carbocycles. The van der Waals surface area contributed by atoms with Crippen LogP contribution in [0.4, 0.5) is 8.78 Å². The van der Waals surface area contributed by atoms with Crippen molar-refractivity contribution in [1.29, 1.82) is 0 Å². The molecule has 1 aromatic rings. The number of aliphatic hydroxyl groups is 3. The first-order valence-electron chi connectivity index (χ1n) is 4.62. The van der Waals surface area contributed by atoms with Crippen molar-refractivity contribution in [1.82, 2.24) is 5.32 Å². The minimum absolute atomic E-state index is 0.217. The molecule has 0 atom stereocenters. The van der Waals surface area contributed by atoms with Crippen molar-refractivity contribution in [2.75, 3.05) is 0 Å². The van der Waals surface area contributed by atoms with E-state index >= 15 is 0 Å². The van der Waals surface area contributed by atoms with Gasteiger partial charge in [-0.15, -0.1) is 0 Å². The summed E-state index contributed by atoms with van der Waals surface area (Å²) in [5.74, 6) is -11.1. The second-order valence-electron chi connectivity index (χ2n) is 3.38. The van der Waals surface area contributed by atoms with Crippen molar-refractivity contribution in [2.24, 2.45) is 0 Å². The van der Waals surface area contributed by atoms with Gasteiger partial charge in [0.1, 0.15) is 0 Å². The molecule has 0 spiro atoms. The number of carbonyl (C=O) groups excluding carboxylic acids is 1. The van der Waals surface area contributed by atoms with E-state index in [2.05, 4.69) is 0 Å². The zero-order valence-corrected chi connectivity index (χ0v) is 8.60. The van der Waals surface area contributed by atoms with Crippen molar-refractivity contribution in [3.63, 3.8) is 0 Å². The summed E-state index contributed by atoms with van der Waals surface area (Å²) in [6, 6.07) is 8.17. The molecule has 0 unspecified atom stereocenters. The van der Waals surface area contributed by atoms with Gasteiger partial charge < -0.3 is 20.6 Å². The SMILES string of the molecule is O=C(NCc1ccccc1)C(F)(F)C(O)(O)O. The maximum Gasteiger partial charge on any atom is 0.403 e. The normalized spacial score (nSPS) is 12.3. The lowest BCUT2D eigenvalue weighted by Crippen LogP contribution is -2.57. The average Bonchev–Trinajstić information content (AvgIpc) is 2.25. The van der Waals surface area contributed by atoms with Gasteiger partial charge in [-0.2, -0.15) is 8.78 Å². The largest absolute Gasteiger partial charge is 0.403 e. The maximum atomic E-state index is 12.9. The van der Waals surface area contributed by atoms with Gasteiger partial charge in [-0.25, -0.2) is 0 Å². The van der Waals surface area contributed by atoms with Gasteiger partial charge in [0.15, 0.2) is 0 Å². The number of alkyl halides is 2. The topological polar surface area (TPSA) is 89.8 Å². The minimum Gasteiger partial charge on any atom is -0.347 e. The average molecular weight is 247 g/mol. The van der Waals surface area contributed by atoms with Gasteiger partial charge in [0.25, 0.3) is 5.91 Å². The summed E-state index contributed by atoms with van der Waals surface area (Å²) in [5, 5.41) is 26.7. The van der Waals surface area contributed by atoms with Gasteiger partial charge in [0.05, 0.1) is 0 Å². The molecule has 4 N–H and O–H groups in total. The van der Waals surface area contributed by atoms with Gasteiger partial charge in [-0.1, -0.05) is 30.3 Å². The second kappa shape index (κ2) is 4.74. The minimum atomic E-state index is -4.71. The van der Waals surface area contributed by atoms with E-state index in [4.69, 9.17) is 15.3 Å². The quantitative estimate of drug-likeness (QED) is 0.543. The third-order valence-electron chi connectivity index (χ3n) is 2.00. The number of rotatable bonds is 4. The highest BCUT2D eigenvalue weighted by Gasteiger charge is 2.57. The van der Waals surface area contributed by atoms with Crippen LogP contribution in [0.1, 0.15) is 5.56 Å². The summed E-state index contributed by atoms with van der Waals surface area (Å²) in [6.07, 6.45) is 0. The number of halogens is 2. The number of hydrogen-bond donors (Lipinski definition) is 4. The van der Waals surface area contributed by atoms with Gasteiger partial charge >= 0.3 is 11.9 Å². The molecule has 0 aromatic heterocycles. The van der Waals surface area contributed by atoms with E-state index in [1.807, 2.05) is 0 Å². The summed E-state index contributed by atoms with van der Waals surface area (Å²) in [6.45, 7) is -0.217.